The quantitative estimate of drug-likeness (QED) is 0.155. The fourth-order valence-electron chi connectivity index (χ4n) is 2.99. The molecule has 0 unspecified atom stereocenters. The van der Waals surface area contributed by atoms with Crippen molar-refractivity contribution >= 4 is 31.0 Å². The zero-order valence-corrected chi connectivity index (χ0v) is 27.5. The second-order valence-corrected chi connectivity index (χ2v) is 10.6. The minimum Gasteiger partial charge on any atom is -1.00 e. The summed E-state index contributed by atoms with van der Waals surface area (Å²) in [6.07, 6.45) is 0. The average molecular weight is 698 g/mol. The topological polar surface area (TPSA) is 125 Å². The molecule has 0 aliphatic carbocycles. The zero-order chi connectivity index (χ0) is 24.6. The first-order chi connectivity index (χ1) is 16.3. The molecule has 0 amide bonds. The molecule has 0 aliphatic heterocycles. The van der Waals surface area contributed by atoms with E-state index in [0.29, 0.717) is 0 Å². The molecule has 0 aromatic heterocycles. The van der Waals surface area contributed by atoms with Crippen LogP contribution in [0.1, 0.15) is 0 Å². The zero-order valence-electron chi connectivity index (χ0n) is 19.8. The summed E-state index contributed by atoms with van der Waals surface area (Å²) in [5.41, 5.74) is 0.0766. The Kier molecular flexibility index (Phi) is 19.6. The number of hydrogen-bond donors (Lipinski definition) is 0. The van der Waals surface area contributed by atoms with Crippen LogP contribution < -0.4 is 49.6 Å². The average Bonchev–Trinajstić information content (AvgIpc) is 2.90. The fraction of sp³-hybridized carbons (Fsp3) is 0. The van der Waals surface area contributed by atoms with Crippen molar-refractivity contribution in [3.8, 4) is 0 Å². The summed E-state index contributed by atoms with van der Waals surface area (Å²) in [5, 5.41) is 17.6. The third-order valence-electron chi connectivity index (χ3n) is 4.63. The Morgan fingerprint density at radius 2 is 0.692 bits per heavy atom. The van der Waals surface area contributed by atoms with Crippen LogP contribution >= 0.6 is 0 Å². The molecule has 0 atom stereocenters. The van der Waals surface area contributed by atoms with Crippen molar-refractivity contribution in [3.63, 3.8) is 0 Å². The maximum atomic E-state index is 12.2. The Morgan fingerprint density at radius 3 is 0.974 bits per heavy atom. The van der Waals surface area contributed by atoms with Crippen molar-refractivity contribution in [1.82, 2.24) is 0 Å². The van der Waals surface area contributed by atoms with Gasteiger partial charge in [-0.2, -0.15) is 0 Å². The van der Waals surface area contributed by atoms with Gasteiger partial charge in [-0.05, 0) is 36.4 Å². The molecular weight excluding hydrogens is 680 g/mol. The van der Waals surface area contributed by atoms with Crippen LogP contribution in [-0.4, -0.2) is 16.8 Å². The van der Waals surface area contributed by atoms with E-state index in [2.05, 4.69) is 9.95 Å². The van der Waals surface area contributed by atoms with Crippen molar-refractivity contribution in [1.29, 1.82) is 10.8 Å². The van der Waals surface area contributed by atoms with Crippen LogP contribution in [-0.2, 0) is 39.2 Å². The van der Waals surface area contributed by atoms with Crippen molar-refractivity contribution in [2.45, 2.75) is 19.6 Å². The van der Waals surface area contributed by atoms with Gasteiger partial charge in [-0.1, -0.05) is 60.7 Å². The van der Waals surface area contributed by atoms with Gasteiger partial charge in [0.1, 0.15) is 0 Å². The predicted octanol–water partition coefficient (Wildman–Crippen LogP) is -5.98. The third kappa shape index (κ3) is 9.83. The maximum absolute atomic E-state index is 12.2. The van der Waals surface area contributed by atoms with E-state index in [1.54, 1.807) is 60.7 Å². The molecule has 0 saturated heterocycles. The Balaban J connectivity index is -0.000000589. The van der Waals surface area contributed by atoms with E-state index >= 15 is 0 Å². The number of halogens is 4. The van der Waals surface area contributed by atoms with Gasteiger partial charge in [0, 0.05) is 12.1 Å². The molecule has 0 spiro atoms. The molecule has 0 radical (unpaired) electrons. The second kappa shape index (κ2) is 18.6. The molecule has 4 aromatic rings. The second-order valence-electron chi connectivity index (χ2n) is 6.77. The summed E-state index contributed by atoms with van der Waals surface area (Å²) >= 11 is 0. The van der Waals surface area contributed by atoms with E-state index in [1.807, 2.05) is 0 Å². The Morgan fingerprint density at radius 1 is 0.436 bits per heavy atom. The molecular formula is C24H18Cl4N4O4S2Zn. The van der Waals surface area contributed by atoms with E-state index < -0.39 is 19.7 Å². The number of hydrogen-bond acceptors (Lipinski definition) is 6. The van der Waals surface area contributed by atoms with Gasteiger partial charge in [-0.25, -0.2) is 16.8 Å². The Labute approximate surface area is 264 Å². The van der Waals surface area contributed by atoms with Gasteiger partial charge in [0.25, 0.3) is 0 Å². The van der Waals surface area contributed by atoms with Crippen LogP contribution in [0.3, 0.4) is 0 Å². The summed E-state index contributed by atoms with van der Waals surface area (Å²) in [6.45, 7) is 0. The van der Waals surface area contributed by atoms with Crippen LogP contribution in [0.15, 0.2) is 129 Å². The minimum absolute atomic E-state index is 0. The van der Waals surface area contributed by atoms with Gasteiger partial charge in [-0.3, -0.25) is 0 Å². The SMILES string of the molecule is N#[N+]c1ccccc1S(=O)(=O)c1ccccc1.N#[N+]c1ccccc1S(=O)(=O)c1ccccc1.[Cl-].[Cl-].[Cl-].[Cl-].[Zn+2]. The molecule has 4 rings (SSSR count). The standard InChI is InChI=1S/2C12H9N2O2S.4ClH.Zn/c2*13-14-11-8-4-5-9-12(11)17(15,16)10-6-2-1-3-7-10;;;;;/h2*1-9H;4*1H;/q2*+1;;;;;+2/p-4. The molecule has 0 bridgehead atoms. The van der Waals surface area contributed by atoms with Gasteiger partial charge < -0.3 is 49.6 Å². The molecule has 0 heterocycles. The van der Waals surface area contributed by atoms with E-state index in [0.717, 1.165) is 0 Å². The first kappa shape index (κ1) is 40.9. The fourth-order valence-corrected chi connectivity index (χ4v) is 5.81. The number of diazo groups is 2. The predicted molar refractivity (Wildman–Crippen MR) is 126 cm³/mol. The summed E-state index contributed by atoms with van der Waals surface area (Å²) in [5.74, 6) is 0. The number of benzene rings is 4. The first-order valence-corrected chi connectivity index (χ1v) is 12.8. The largest absolute Gasteiger partial charge is 2.00 e. The van der Waals surface area contributed by atoms with Gasteiger partial charge in [0.05, 0.1) is 9.79 Å². The molecule has 0 aliphatic rings. The summed E-state index contributed by atoms with van der Waals surface area (Å²) < 4.78 is 49.0. The third-order valence-corrected chi connectivity index (χ3v) is 8.27. The van der Waals surface area contributed by atoms with Crippen molar-refractivity contribution in [3.05, 3.63) is 119 Å². The van der Waals surface area contributed by atoms with E-state index in [4.69, 9.17) is 10.8 Å². The molecule has 8 nitrogen and oxygen atoms in total. The van der Waals surface area contributed by atoms with Gasteiger partial charge in [-0.15, -0.1) is 0 Å². The van der Waals surface area contributed by atoms with E-state index in [-0.39, 0.29) is 100 Å². The molecule has 0 fully saturated rings. The van der Waals surface area contributed by atoms with Crippen molar-refractivity contribution in [2.75, 3.05) is 0 Å². The number of nitrogens with zero attached hydrogens (tertiary/aromatic N) is 4. The van der Waals surface area contributed by atoms with Crippen LogP contribution in [0.5, 0.6) is 0 Å². The normalized spacial score (nSPS) is 9.38. The summed E-state index contributed by atoms with van der Waals surface area (Å²) in [4.78, 5) is 6.31. The van der Waals surface area contributed by atoms with Gasteiger partial charge in [0.15, 0.2) is 19.7 Å². The van der Waals surface area contributed by atoms with Crippen molar-refractivity contribution in [2.24, 2.45) is 0 Å². The van der Waals surface area contributed by atoms with Crippen LogP contribution in [0, 0.1) is 10.8 Å². The van der Waals surface area contributed by atoms with Gasteiger partial charge in [0.2, 0.25) is 30.5 Å². The molecule has 4 aromatic carbocycles. The summed E-state index contributed by atoms with van der Waals surface area (Å²) in [6, 6.07) is 28.2. The number of sulfone groups is 2. The van der Waals surface area contributed by atoms with Crippen LogP contribution in [0.25, 0.3) is 9.95 Å². The maximum Gasteiger partial charge on any atom is 2.00 e. The van der Waals surface area contributed by atoms with Crippen LogP contribution in [0.4, 0.5) is 11.4 Å². The molecule has 200 valence electrons. The Bertz CT molecular complexity index is 1490. The first-order valence-electron chi connectivity index (χ1n) is 9.81. The monoisotopic (exact) mass is 694 g/mol. The molecule has 0 N–H and O–H groups in total. The summed E-state index contributed by atoms with van der Waals surface area (Å²) in [7, 11) is -7.27. The van der Waals surface area contributed by atoms with Gasteiger partial charge >= 0.3 is 30.9 Å². The molecule has 39 heavy (non-hydrogen) atoms. The smallest absolute Gasteiger partial charge is 1.00 e. The van der Waals surface area contributed by atoms with E-state index in [1.165, 1.54) is 48.5 Å². The van der Waals surface area contributed by atoms with E-state index in [9.17, 15) is 16.8 Å². The van der Waals surface area contributed by atoms with Crippen molar-refractivity contribution < 1.29 is 85.9 Å². The minimum atomic E-state index is -3.64. The number of rotatable bonds is 4. The molecule has 0 saturated carbocycles. The van der Waals surface area contributed by atoms with Crippen LogP contribution in [0.2, 0.25) is 0 Å². The Hall–Kier alpha value is -2.60. The molecule has 15 heteroatoms.